The molecule has 5 heteroatoms. The summed E-state index contributed by atoms with van der Waals surface area (Å²) in [6.07, 6.45) is 7.53. The summed E-state index contributed by atoms with van der Waals surface area (Å²) in [4.78, 5) is 6.88. The van der Waals surface area contributed by atoms with Gasteiger partial charge >= 0.3 is 0 Å². The van der Waals surface area contributed by atoms with E-state index in [0.717, 1.165) is 37.8 Å². The zero-order chi connectivity index (χ0) is 13.5. The minimum Gasteiger partial charge on any atom is -0.337 e. The fourth-order valence-electron chi connectivity index (χ4n) is 2.55. The molecule has 1 aliphatic rings. The molecule has 108 valence electrons. The summed E-state index contributed by atoms with van der Waals surface area (Å²) in [5.41, 5.74) is 0. The van der Waals surface area contributed by atoms with Crippen LogP contribution in [0.15, 0.2) is 0 Å². The molecule has 1 aromatic rings. The van der Waals surface area contributed by atoms with Crippen LogP contribution in [0.5, 0.6) is 0 Å². The molecule has 0 spiro atoms. The summed E-state index contributed by atoms with van der Waals surface area (Å²) in [7, 11) is 0. The molecule has 0 saturated carbocycles. The number of rotatable bonds is 7. The molecule has 0 unspecified atom stereocenters. The van der Waals surface area contributed by atoms with E-state index in [0.29, 0.717) is 6.04 Å². The number of nitrogens with one attached hydrogen (secondary N) is 2. The largest absolute Gasteiger partial charge is 0.337 e. The molecule has 2 heterocycles. The molecule has 1 aromatic heterocycles. The summed E-state index contributed by atoms with van der Waals surface area (Å²) in [5.74, 6) is 1.91. The maximum Gasteiger partial charge on any atom is 0.244 e. The second-order valence-electron chi connectivity index (χ2n) is 5.55. The predicted octanol–water partition coefficient (Wildman–Crippen LogP) is 2.12. The van der Waals surface area contributed by atoms with Crippen LogP contribution in [0.25, 0.3) is 0 Å². The zero-order valence-electron chi connectivity index (χ0n) is 12.3. The van der Waals surface area contributed by atoms with Gasteiger partial charge in [0.25, 0.3) is 0 Å². The maximum atomic E-state index is 4.62. The van der Waals surface area contributed by atoms with E-state index in [9.17, 15) is 0 Å². The molecule has 0 amide bonds. The Balaban J connectivity index is 1.75. The molecule has 2 rings (SSSR count). The highest BCUT2D eigenvalue weighted by atomic mass is 15.4. The summed E-state index contributed by atoms with van der Waals surface area (Å²) in [5, 5.41) is 10.9. The highest BCUT2D eigenvalue weighted by molar-refractivity contribution is 5.30. The number of H-pyrrole nitrogens is 1. The highest BCUT2D eigenvalue weighted by Gasteiger charge is 2.18. The average Bonchev–Trinajstić information content (AvgIpc) is 2.87. The summed E-state index contributed by atoms with van der Waals surface area (Å²) in [6.45, 7) is 7.46. The first kappa shape index (κ1) is 14.3. The van der Waals surface area contributed by atoms with E-state index in [1.807, 2.05) is 0 Å². The second kappa shape index (κ2) is 7.48. The molecule has 19 heavy (non-hydrogen) atoms. The number of hydrogen-bond acceptors (Lipinski definition) is 4. The van der Waals surface area contributed by atoms with Crippen molar-refractivity contribution in [2.75, 3.05) is 24.5 Å². The number of aromatic nitrogens is 3. The number of aromatic amines is 1. The van der Waals surface area contributed by atoms with Gasteiger partial charge in [0.05, 0.1) is 0 Å². The monoisotopic (exact) mass is 265 g/mol. The summed E-state index contributed by atoms with van der Waals surface area (Å²) >= 11 is 0. The van der Waals surface area contributed by atoms with E-state index in [-0.39, 0.29) is 0 Å². The smallest absolute Gasteiger partial charge is 0.244 e. The quantitative estimate of drug-likeness (QED) is 0.741. The van der Waals surface area contributed by atoms with Crippen LogP contribution in [0.1, 0.15) is 51.8 Å². The fraction of sp³-hybridized carbons (Fsp3) is 0.857. The van der Waals surface area contributed by atoms with Crippen LogP contribution in [0.2, 0.25) is 0 Å². The topological polar surface area (TPSA) is 56.8 Å². The Morgan fingerprint density at radius 1 is 1.26 bits per heavy atom. The van der Waals surface area contributed by atoms with Crippen molar-refractivity contribution in [3.05, 3.63) is 5.82 Å². The third-order valence-electron chi connectivity index (χ3n) is 3.69. The third kappa shape index (κ3) is 4.49. The van der Waals surface area contributed by atoms with Crippen molar-refractivity contribution in [1.82, 2.24) is 20.5 Å². The SMILES string of the molecule is CCCCCCCc1nc(N2CCN[C@H](C)C2)n[nH]1. The van der Waals surface area contributed by atoms with Gasteiger partial charge < -0.3 is 10.2 Å². The molecule has 0 aliphatic carbocycles. The number of hydrogen-bond donors (Lipinski definition) is 2. The Labute approximate surface area is 116 Å². The van der Waals surface area contributed by atoms with E-state index in [2.05, 4.69) is 39.2 Å². The van der Waals surface area contributed by atoms with E-state index < -0.39 is 0 Å². The van der Waals surface area contributed by atoms with Crippen molar-refractivity contribution < 1.29 is 0 Å². The minimum atomic E-state index is 0.518. The number of anilines is 1. The first-order valence-electron chi connectivity index (χ1n) is 7.69. The summed E-state index contributed by atoms with van der Waals surface area (Å²) in [6, 6.07) is 0.518. The molecular formula is C14H27N5. The Morgan fingerprint density at radius 2 is 2.11 bits per heavy atom. The fourth-order valence-corrected chi connectivity index (χ4v) is 2.55. The Morgan fingerprint density at radius 3 is 2.89 bits per heavy atom. The van der Waals surface area contributed by atoms with Gasteiger partial charge in [-0.15, -0.1) is 5.10 Å². The van der Waals surface area contributed by atoms with Crippen LogP contribution in [0.4, 0.5) is 5.95 Å². The van der Waals surface area contributed by atoms with Gasteiger partial charge in [0.2, 0.25) is 5.95 Å². The van der Waals surface area contributed by atoms with Crippen molar-refractivity contribution in [1.29, 1.82) is 0 Å². The molecule has 2 N–H and O–H groups in total. The van der Waals surface area contributed by atoms with Gasteiger partial charge in [0.15, 0.2) is 0 Å². The Kier molecular flexibility index (Phi) is 5.63. The Bertz CT molecular complexity index is 362. The number of nitrogens with zero attached hydrogens (tertiary/aromatic N) is 3. The lowest BCUT2D eigenvalue weighted by atomic mass is 10.1. The molecular weight excluding hydrogens is 238 g/mol. The lowest BCUT2D eigenvalue weighted by Gasteiger charge is -2.30. The van der Waals surface area contributed by atoms with Crippen molar-refractivity contribution in [3.8, 4) is 0 Å². The van der Waals surface area contributed by atoms with Crippen molar-refractivity contribution in [2.24, 2.45) is 0 Å². The van der Waals surface area contributed by atoms with E-state index in [1.54, 1.807) is 0 Å². The first-order chi connectivity index (χ1) is 9.29. The molecule has 0 aromatic carbocycles. The normalized spacial score (nSPS) is 19.9. The van der Waals surface area contributed by atoms with Crippen LogP contribution < -0.4 is 10.2 Å². The molecule has 0 radical (unpaired) electrons. The predicted molar refractivity (Wildman–Crippen MR) is 78.5 cm³/mol. The highest BCUT2D eigenvalue weighted by Crippen LogP contribution is 2.12. The Hall–Kier alpha value is -1.10. The lowest BCUT2D eigenvalue weighted by molar-refractivity contribution is 0.479. The van der Waals surface area contributed by atoms with Crippen molar-refractivity contribution >= 4 is 5.95 Å². The van der Waals surface area contributed by atoms with E-state index >= 15 is 0 Å². The molecule has 0 bridgehead atoms. The van der Waals surface area contributed by atoms with Gasteiger partial charge in [-0.25, -0.2) is 0 Å². The van der Waals surface area contributed by atoms with Crippen LogP contribution in [-0.4, -0.2) is 40.9 Å². The molecule has 1 aliphatic heterocycles. The van der Waals surface area contributed by atoms with E-state index in [4.69, 9.17) is 0 Å². The number of piperazine rings is 1. The second-order valence-corrected chi connectivity index (χ2v) is 5.55. The van der Waals surface area contributed by atoms with E-state index in [1.165, 1.54) is 32.1 Å². The number of unbranched alkanes of at least 4 members (excludes halogenated alkanes) is 4. The van der Waals surface area contributed by atoms with Gasteiger partial charge in [0, 0.05) is 32.1 Å². The molecule has 1 atom stereocenters. The maximum absolute atomic E-state index is 4.62. The third-order valence-corrected chi connectivity index (χ3v) is 3.69. The van der Waals surface area contributed by atoms with Gasteiger partial charge in [-0.3, -0.25) is 5.10 Å². The first-order valence-corrected chi connectivity index (χ1v) is 7.69. The lowest BCUT2D eigenvalue weighted by Crippen LogP contribution is -2.49. The summed E-state index contributed by atoms with van der Waals surface area (Å²) < 4.78 is 0. The van der Waals surface area contributed by atoms with Crippen LogP contribution in [0, 0.1) is 0 Å². The molecule has 1 saturated heterocycles. The molecule has 5 nitrogen and oxygen atoms in total. The van der Waals surface area contributed by atoms with Crippen LogP contribution in [0.3, 0.4) is 0 Å². The van der Waals surface area contributed by atoms with Crippen LogP contribution in [-0.2, 0) is 6.42 Å². The van der Waals surface area contributed by atoms with Gasteiger partial charge in [-0.2, -0.15) is 4.98 Å². The molecule has 1 fully saturated rings. The average molecular weight is 265 g/mol. The zero-order valence-corrected chi connectivity index (χ0v) is 12.3. The standard InChI is InChI=1S/C14H27N5/c1-3-4-5-6-7-8-13-16-14(18-17-13)19-10-9-15-12(2)11-19/h12,15H,3-11H2,1-2H3,(H,16,17,18)/t12-/m1/s1. The van der Waals surface area contributed by atoms with Gasteiger partial charge in [-0.05, 0) is 13.3 Å². The van der Waals surface area contributed by atoms with Crippen molar-refractivity contribution in [2.45, 2.75) is 58.4 Å². The minimum absolute atomic E-state index is 0.518. The van der Waals surface area contributed by atoms with Gasteiger partial charge in [0.1, 0.15) is 5.82 Å². The van der Waals surface area contributed by atoms with Gasteiger partial charge in [-0.1, -0.05) is 32.6 Å². The van der Waals surface area contributed by atoms with Crippen molar-refractivity contribution in [3.63, 3.8) is 0 Å². The van der Waals surface area contributed by atoms with Crippen LogP contribution >= 0.6 is 0 Å². The number of aryl methyl sites for hydroxylation is 1.